The maximum absolute atomic E-state index is 13.1. The highest BCUT2D eigenvalue weighted by Crippen LogP contribution is 2.29. The van der Waals surface area contributed by atoms with Crippen molar-refractivity contribution in [3.63, 3.8) is 0 Å². The number of fused-ring (bicyclic) bond motifs is 3. The third-order valence-corrected chi connectivity index (χ3v) is 6.41. The summed E-state index contributed by atoms with van der Waals surface area (Å²) < 4.78 is 1.64. The molecule has 0 unspecified atom stereocenters. The van der Waals surface area contributed by atoms with E-state index in [4.69, 9.17) is 4.98 Å². The van der Waals surface area contributed by atoms with Gasteiger partial charge in [0.15, 0.2) is 0 Å². The number of nitrogens with zero attached hydrogens (tertiary/aromatic N) is 6. The van der Waals surface area contributed by atoms with Crippen LogP contribution >= 0.6 is 0 Å². The van der Waals surface area contributed by atoms with Gasteiger partial charge in [-0.2, -0.15) is 0 Å². The molecule has 0 saturated carbocycles. The molecule has 5 rings (SSSR count). The first-order valence-corrected chi connectivity index (χ1v) is 11.2. The van der Waals surface area contributed by atoms with Crippen molar-refractivity contribution in [2.45, 2.75) is 38.8 Å². The Bertz CT molecular complexity index is 1510. The maximum Gasteiger partial charge on any atom is 0.329 e. The molecule has 4 aromatic heterocycles. The van der Waals surface area contributed by atoms with E-state index >= 15 is 0 Å². The lowest BCUT2D eigenvalue weighted by Gasteiger charge is -2.36. The average Bonchev–Trinajstić information content (AvgIpc) is 2.84. The standard InChI is InChI=1S/C24H25N7O3/c1-13(14(2)32)30-8-6-17(7-9-30)31-22-18(23(33)29-24(31)34)12-27-20-5-4-19(28-21(20)22)16-10-25-15(3)26-11-16/h4-5,10-12,14,17,32H,1,6-9H2,2-3H3,(H,29,33,34)/t14-/m0/s1. The van der Waals surface area contributed by atoms with Gasteiger partial charge >= 0.3 is 5.69 Å². The number of aromatic amines is 1. The fourth-order valence-electron chi connectivity index (χ4n) is 4.50. The topological polar surface area (TPSA) is 130 Å². The summed E-state index contributed by atoms with van der Waals surface area (Å²) >= 11 is 0. The first-order valence-electron chi connectivity index (χ1n) is 11.2. The number of pyridine rings is 2. The predicted octanol–water partition coefficient (Wildman–Crippen LogP) is 1.93. The first-order chi connectivity index (χ1) is 16.3. The van der Waals surface area contributed by atoms with E-state index in [1.807, 2.05) is 24.0 Å². The number of aliphatic hydroxyl groups is 1. The Kier molecular flexibility index (Phi) is 5.45. The van der Waals surface area contributed by atoms with Crippen molar-refractivity contribution in [2.75, 3.05) is 13.1 Å². The zero-order valence-corrected chi connectivity index (χ0v) is 19.0. The summed E-state index contributed by atoms with van der Waals surface area (Å²) in [6, 6.07) is 3.50. The van der Waals surface area contributed by atoms with Crippen molar-refractivity contribution in [1.82, 2.24) is 34.4 Å². The maximum atomic E-state index is 13.1. The van der Waals surface area contributed by atoms with Crippen LogP contribution < -0.4 is 11.2 Å². The van der Waals surface area contributed by atoms with Crippen LogP contribution in [0.15, 0.2) is 52.6 Å². The van der Waals surface area contributed by atoms with Gasteiger partial charge in [-0.15, -0.1) is 0 Å². The number of likely N-dealkylation sites (tertiary alicyclic amines) is 1. The van der Waals surface area contributed by atoms with Gasteiger partial charge in [0.25, 0.3) is 5.56 Å². The lowest BCUT2D eigenvalue weighted by atomic mass is 10.0. The minimum absolute atomic E-state index is 0.149. The van der Waals surface area contributed by atoms with E-state index in [9.17, 15) is 14.7 Å². The molecule has 2 N–H and O–H groups in total. The molecule has 34 heavy (non-hydrogen) atoms. The Hall–Kier alpha value is -3.92. The third-order valence-electron chi connectivity index (χ3n) is 6.41. The lowest BCUT2D eigenvalue weighted by Crippen LogP contribution is -2.40. The molecule has 10 heteroatoms. The van der Waals surface area contributed by atoms with Gasteiger partial charge in [-0.1, -0.05) is 6.58 Å². The second-order valence-corrected chi connectivity index (χ2v) is 8.62. The third kappa shape index (κ3) is 3.75. The number of H-pyrrole nitrogens is 1. The van der Waals surface area contributed by atoms with E-state index in [0.29, 0.717) is 65.1 Å². The van der Waals surface area contributed by atoms with Crippen molar-refractivity contribution in [2.24, 2.45) is 0 Å². The van der Waals surface area contributed by atoms with Crippen LogP contribution in [0.2, 0.25) is 0 Å². The van der Waals surface area contributed by atoms with Crippen LogP contribution in [-0.4, -0.2) is 58.7 Å². The van der Waals surface area contributed by atoms with Crippen molar-refractivity contribution < 1.29 is 5.11 Å². The molecule has 0 radical (unpaired) electrons. The van der Waals surface area contributed by atoms with Crippen LogP contribution in [0.3, 0.4) is 0 Å². The highest BCUT2D eigenvalue weighted by atomic mass is 16.3. The minimum atomic E-state index is -0.628. The van der Waals surface area contributed by atoms with Crippen LogP contribution in [-0.2, 0) is 0 Å². The molecular formula is C24H25N7O3. The largest absolute Gasteiger partial charge is 0.387 e. The zero-order valence-electron chi connectivity index (χ0n) is 19.0. The first kappa shape index (κ1) is 21.9. The number of aryl methyl sites for hydroxylation is 1. The van der Waals surface area contributed by atoms with Crippen LogP contribution in [0.4, 0.5) is 0 Å². The molecule has 1 fully saturated rings. The van der Waals surface area contributed by atoms with E-state index in [-0.39, 0.29) is 6.04 Å². The Balaban J connectivity index is 1.66. The molecule has 1 aliphatic rings. The number of piperidine rings is 1. The zero-order chi connectivity index (χ0) is 24.0. The van der Waals surface area contributed by atoms with Gasteiger partial charge in [0.05, 0.1) is 28.2 Å². The second-order valence-electron chi connectivity index (χ2n) is 8.62. The Morgan fingerprint density at radius 2 is 1.85 bits per heavy atom. The summed E-state index contributed by atoms with van der Waals surface area (Å²) in [5.74, 6) is 0.654. The molecule has 4 aromatic rings. The number of aromatic nitrogens is 6. The molecule has 174 valence electrons. The Morgan fingerprint density at radius 1 is 1.15 bits per heavy atom. The second kappa shape index (κ2) is 8.45. The van der Waals surface area contributed by atoms with Crippen molar-refractivity contribution in [1.29, 1.82) is 0 Å². The van der Waals surface area contributed by atoms with E-state index < -0.39 is 17.4 Å². The van der Waals surface area contributed by atoms with E-state index in [1.54, 1.807) is 23.9 Å². The number of rotatable bonds is 4. The molecule has 0 aliphatic carbocycles. The van der Waals surface area contributed by atoms with Crippen molar-refractivity contribution in [3.05, 3.63) is 69.7 Å². The average molecular weight is 460 g/mol. The van der Waals surface area contributed by atoms with Gasteiger partial charge < -0.3 is 10.0 Å². The SMILES string of the molecule is C=C([C@H](C)O)N1CCC(n2c(=O)[nH]c(=O)c3cnc4ccc(-c5cnc(C)nc5)nc4c32)CC1. The molecule has 1 atom stereocenters. The van der Waals surface area contributed by atoms with Gasteiger partial charge in [0.2, 0.25) is 0 Å². The highest BCUT2D eigenvalue weighted by molar-refractivity contribution is 6.01. The fourth-order valence-corrected chi connectivity index (χ4v) is 4.50. The molecule has 10 nitrogen and oxygen atoms in total. The molecule has 0 amide bonds. The molecule has 0 aromatic carbocycles. The van der Waals surface area contributed by atoms with Crippen LogP contribution in [0.25, 0.3) is 33.2 Å². The number of aliphatic hydroxyl groups excluding tert-OH is 1. The number of hydrogen-bond donors (Lipinski definition) is 2. The van der Waals surface area contributed by atoms with E-state index in [0.717, 1.165) is 5.56 Å². The quantitative estimate of drug-likeness (QED) is 0.443. The number of hydrogen-bond acceptors (Lipinski definition) is 8. The fraction of sp³-hybridized carbons (Fsp3) is 0.333. The smallest absolute Gasteiger partial charge is 0.329 e. The summed E-state index contributed by atoms with van der Waals surface area (Å²) in [4.78, 5) is 47.9. The Morgan fingerprint density at radius 3 is 2.53 bits per heavy atom. The van der Waals surface area contributed by atoms with E-state index in [2.05, 4.69) is 26.5 Å². The van der Waals surface area contributed by atoms with E-state index in [1.165, 1.54) is 6.20 Å². The lowest BCUT2D eigenvalue weighted by molar-refractivity contribution is 0.151. The summed E-state index contributed by atoms with van der Waals surface area (Å²) in [6.07, 6.45) is 5.56. The number of nitrogens with one attached hydrogen (secondary N) is 1. The normalized spacial score (nSPS) is 15.7. The van der Waals surface area contributed by atoms with Crippen molar-refractivity contribution >= 4 is 21.9 Å². The summed E-state index contributed by atoms with van der Waals surface area (Å²) in [6.45, 7) is 8.75. The van der Waals surface area contributed by atoms with Gasteiger partial charge in [0.1, 0.15) is 11.3 Å². The monoisotopic (exact) mass is 459 g/mol. The van der Waals surface area contributed by atoms with Crippen molar-refractivity contribution in [3.8, 4) is 11.3 Å². The van der Waals surface area contributed by atoms with Gasteiger partial charge in [-0.25, -0.2) is 19.7 Å². The molecule has 1 saturated heterocycles. The summed E-state index contributed by atoms with van der Waals surface area (Å²) in [5.41, 5.74) is 2.61. The van der Waals surface area contributed by atoms with Gasteiger partial charge in [0, 0.05) is 49.0 Å². The van der Waals surface area contributed by atoms with Gasteiger partial charge in [-0.05, 0) is 38.8 Å². The van der Waals surface area contributed by atoms with Crippen LogP contribution in [0.1, 0.15) is 31.6 Å². The molecule has 1 aliphatic heterocycles. The molecular weight excluding hydrogens is 434 g/mol. The molecule has 5 heterocycles. The highest BCUT2D eigenvalue weighted by Gasteiger charge is 2.26. The molecule has 0 spiro atoms. The Labute approximate surface area is 194 Å². The molecule has 0 bridgehead atoms. The van der Waals surface area contributed by atoms with Crippen LogP contribution in [0.5, 0.6) is 0 Å². The van der Waals surface area contributed by atoms with Gasteiger partial charge in [-0.3, -0.25) is 19.3 Å². The van der Waals surface area contributed by atoms with Crippen LogP contribution in [0, 0.1) is 6.92 Å². The summed E-state index contributed by atoms with van der Waals surface area (Å²) in [7, 11) is 0. The minimum Gasteiger partial charge on any atom is -0.387 e. The predicted molar refractivity (Wildman–Crippen MR) is 128 cm³/mol. The summed E-state index contributed by atoms with van der Waals surface area (Å²) in [5, 5.41) is 10.2.